The van der Waals surface area contributed by atoms with Crippen molar-refractivity contribution in [2.75, 3.05) is 13.2 Å². The fraction of sp³-hybridized carbons (Fsp3) is 0.429. The molecule has 1 amide bonds. The van der Waals surface area contributed by atoms with Crippen molar-refractivity contribution in [1.29, 1.82) is 0 Å². The molecule has 2 unspecified atom stereocenters. The second kappa shape index (κ2) is 6.72. The van der Waals surface area contributed by atoms with Crippen LogP contribution in [0.5, 0.6) is 0 Å². The average Bonchev–Trinajstić information content (AvgIpc) is 2.46. The van der Waals surface area contributed by atoms with E-state index in [2.05, 4.69) is 5.32 Å². The highest BCUT2D eigenvalue weighted by atomic mass is 35.5. The van der Waals surface area contributed by atoms with Crippen LogP contribution in [0.4, 0.5) is 0 Å². The molecule has 1 aliphatic rings. The minimum absolute atomic E-state index is 0.197. The van der Waals surface area contributed by atoms with Crippen molar-refractivity contribution in [3.63, 3.8) is 0 Å². The molecule has 108 valence electrons. The van der Waals surface area contributed by atoms with Gasteiger partial charge in [0.1, 0.15) is 6.04 Å². The Morgan fingerprint density at radius 2 is 2.05 bits per heavy atom. The summed E-state index contributed by atoms with van der Waals surface area (Å²) in [4.78, 5) is 23.4. The van der Waals surface area contributed by atoms with Gasteiger partial charge in [-0.2, -0.15) is 0 Å². The van der Waals surface area contributed by atoms with Crippen LogP contribution in [0.2, 0.25) is 5.02 Å². The van der Waals surface area contributed by atoms with Crippen molar-refractivity contribution in [2.24, 2.45) is 5.92 Å². The van der Waals surface area contributed by atoms with Crippen molar-refractivity contribution in [1.82, 2.24) is 5.32 Å². The zero-order valence-electron chi connectivity index (χ0n) is 10.8. The van der Waals surface area contributed by atoms with E-state index in [1.165, 1.54) is 0 Å². The number of benzene rings is 1. The maximum atomic E-state index is 12.1. The highest BCUT2D eigenvalue weighted by Gasteiger charge is 2.31. The molecular formula is C14H16ClNO4. The number of rotatable bonds is 4. The lowest BCUT2D eigenvalue weighted by Crippen LogP contribution is -2.48. The van der Waals surface area contributed by atoms with E-state index in [4.69, 9.17) is 16.3 Å². The van der Waals surface area contributed by atoms with Gasteiger partial charge in [-0.15, -0.1) is 0 Å². The first-order valence-electron chi connectivity index (χ1n) is 6.45. The fourth-order valence-electron chi connectivity index (χ4n) is 2.24. The van der Waals surface area contributed by atoms with E-state index in [9.17, 15) is 14.7 Å². The topological polar surface area (TPSA) is 75.6 Å². The van der Waals surface area contributed by atoms with Crippen molar-refractivity contribution in [2.45, 2.75) is 18.9 Å². The third-order valence-corrected chi connectivity index (χ3v) is 3.58. The molecule has 0 aliphatic carbocycles. The van der Waals surface area contributed by atoms with Gasteiger partial charge >= 0.3 is 5.97 Å². The normalized spacial score (nSPS) is 20.1. The summed E-state index contributed by atoms with van der Waals surface area (Å²) in [6.07, 6.45) is 1.54. The number of carboxylic acid groups (broad SMARTS) is 1. The predicted molar refractivity (Wildman–Crippen MR) is 73.9 cm³/mol. The lowest BCUT2D eigenvalue weighted by Gasteiger charge is -2.28. The van der Waals surface area contributed by atoms with Crippen LogP contribution in [0.3, 0.4) is 0 Å². The summed E-state index contributed by atoms with van der Waals surface area (Å²) >= 11 is 5.75. The van der Waals surface area contributed by atoms with E-state index in [1.807, 2.05) is 0 Å². The molecule has 2 rings (SSSR count). The molecule has 0 aromatic heterocycles. The highest BCUT2D eigenvalue weighted by molar-refractivity contribution is 6.30. The van der Waals surface area contributed by atoms with E-state index in [0.717, 1.165) is 12.8 Å². The lowest BCUT2D eigenvalue weighted by molar-refractivity contribution is -0.142. The molecule has 0 radical (unpaired) electrons. The molecule has 2 atom stereocenters. The van der Waals surface area contributed by atoms with Crippen LogP contribution < -0.4 is 5.32 Å². The number of hydrogen-bond donors (Lipinski definition) is 2. The van der Waals surface area contributed by atoms with Gasteiger partial charge in [0, 0.05) is 23.1 Å². The summed E-state index contributed by atoms with van der Waals surface area (Å²) in [5.41, 5.74) is 0.386. The van der Waals surface area contributed by atoms with Crippen LogP contribution >= 0.6 is 11.6 Å². The quantitative estimate of drug-likeness (QED) is 0.890. The Kier molecular flexibility index (Phi) is 4.98. The van der Waals surface area contributed by atoms with Crippen molar-refractivity contribution >= 4 is 23.5 Å². The second-order valence-electron chi connectivity index (χ2n) is 4.77. The third-order valence-electron chi connectivity index (χ3n) is 3.33. The Balaban J connectivity index is 2.05. The summed E-state index contributed by atoms with van der Waals surface area (Å²) < 4.78 is 5.28. The molecule has 1 aromatic carbocycles. The maximum absolute atomic E-state index is 12.1. The maximum Gasteiger partial charge on any atom is 0.326 e. The Hall–Kier alpha value is -1.59. The Morgan fingerprint density at radius 1 is 1.35 bits per heavy atom. The van der Waals surface area contributed by atoms with E-state index in [1.54, 1.807) is 24.3 Å². The molecular weight excluding hydrogens is 282 g/mol. The third kappa shape index (κ3) is 3.71. The van der Waals surface area contributed by atoms with Gasteiger partial charge in [-0.1, -0.05) is 11.6 Å². The van der Waals surface area contributed by atoms with E-state index in [0.29, 0.717) is 23.8 Å². The van der Waals surface area contributed by atoms with Crippen LogP contribution in [-0.2, 0) is 9.53 Å². The zero-order chi connectivity index (χ0) is 14.5. The largest absolute Gasteiger partial charge is 0.480 e. The van der Waals surface area contributed by atoms with Crippen LogP contribution in [-0.4, -0.2) is 36.2 Å². The fourth-order valence-corrected chi connectivity index (χ4v) is 2.36. The molecule has 20 heavy (non-hydrogen) atoms. The molecule has 1 heterocycles. The van der Waals surface area contributed by atoms with Gasteiger partial charge in [-0.3, -0.25) is 4.79 Å². The average molecular weight is 298 g/mol. The number of hydrogen-bond acceptors (Lipinski definition) is 3. The van der Waals surface area contributed by atoms with Gasteiger partial charge in [0.25, 0.3) is 5.91 Å². The van der Waals surface area contributed by atoms with E-state index in [-0.39, 0.29) is 5.92 Å². The molecule has 1 saturated heterocycles. The van der Waals surface area contributed by atoms with Gasteiger partial charge < -0.3 is 15.2 Å². The van der Waals surface area contributed by atoms with Gasteiger partial charge in [0.15, 0.2) is 0 Å². The van der Waals surface area contributed by atoms with Gasteiger partial charge in [-0.05, 0) is 37.1 Å². The van der Waals surface area contributed by atoms with Crippen LogP contribution in [0.15, 0.2) is 24.3 Å². The van der Waals surface area contributed by atoms with E-state index < -0.39 is 17.9 Å². The first-order chi connectivity index (χ1) is 9.58. The van der Waals surface area contributed by atoms with Crippen LogP contribution in [0.1, 0.15) is 23.2 Å². The predicted octanol–water partition coefficient (Wildman–Crippen LogP) is 1.95. The highest BCUT2D eigenvalue weighted by Crippen LogP contribution is 2.18. The number of aliphatic carboxylic acids is 1. The second-order valence-corrected chi connectivity index (χ2v) is 5.21. The lowest BCUT2D eigenvalue weighted by atomic mass is 9.93. The summed E-state index contributed by atoms with van der Waals surface area (Å²) in [5, 5.41) is 12.4. The monoisotopic (exact) mass is 297 g/mol. The first-order valence-corrected chi connectivity index (χ1v) is 6.82. The smallest absolute Gasteiger partial charge is 0.326 e. The van der Waals surface area contributed by atoms with Gasteiger partial charge in [0.2, 0.25) is 0 Å². The van der Waals surface area contributed by atoms with Crippen molar-refractivity contribution < 1.29 is 19.4 Å². The summed E-state index contributed by atoms with van der Waals surface area (Å²) in [6, 6.07) is 5.38. The van der Waals surface area contributed by atoms with Crippen molar-refractivity contribution in [3.8, 4) is 0 Å². The zero-order valence-corrected chi connectivity index (χ0v) is 11.6. The molecule has 1 aliphatic heterocycles. The number of carbonyl (C=O) groups excluding carboxylic acids is 1. The van der Waals surface area contributed by atoms with Crippen LogP contribution in [0, 0.1) is 5.92 Å². The first kappa shape index (κ1) is 14.8. The molecule has 0 bridgehead atoms. The standard InChI is InChI=1S/C14H16ClNO4/c15-11-5-3-9(4-6-11)13(17)16-12(14(18)19)10-2-1-7-20-8-10/h3-6,10,12H,1-2,7-8H2,(H,16,17)(H,18,19). The molecule has 0 saturated carbocycles. The number of carbonyl (C=O) groups is 2. The van der Waals surface area contributed by atoms with Crippen molar-refractivity contribution in [3.05, 3.63) is 34.9 Å². The number of halogens is 1. The molecule has 1 fully saturated rings. The van der Waals surface area contributed by atoms with E-state index >= 15 is 0 Å². The van der Waals surface area contributed by atoms with Gasteiger partial charge in [0.05, 0.1) is 6.61 Å². The Bertz CT molecular complexity index is 482. The summed E-state index contributed by atoms with van der Waals surface area (Å²) in [7, 11) is 0. The minimum Gasteiger partial charge on any atom is -0.480 e. The number of amides is 1. The Morgan fingerprint density at radius 3 is 2.60 bits per heavy atom. The number of ether oxygens (including phenoxy) is 1. The summed E-state index contributed by atoms with van der Waals surface area (Å²) in [5.74, 6) is -1.65. The summed E-state index contributed by atoms with van der Waals surface area (Å²) in [6.45, 7) is 1.01. The number of nitrogens with one attached hydrogen (secondary N) is 1. The molecule has 2 N–H and O–H groups in total. The number of carboxylic acids is 1. The SMILES string of the molecule is O=C(NC(C(=O)O)C1CCCOC1)c1ccc(Cl)cc1. The Labute approximate surface area is 121 Å². The molecule has 5 nitrogen and oxygen atoms in total. The van der Waals surface area contributed by atoms with Crippen LogP contribution in [0.25, 0.3) is 0 Å². The molecule has 0 spiro atoms. The minimum atomic E-state index is -1.04. The molecule has 6 heteroatoms. The van der Waals surface area contributed by atoms with Gasteiger partial charge in [-0.25, -0.2) is 4.79 Å². The molecule has 1 aromatic rings.